The topological polar surface area (TPSA) is 80.9 Å². The molecule has 0 fully saturated rings. The first-order chi connectivity index (χ1) is 13.6. The lowest BCUT2D eigenvalue weighted by Gasteiger charge is -2.09. The zero-order chi connectivity index (χ0) is 19.9. The highest BCUT2D eigenvalue weighted by Crippen LogP contribution is 2.23. The van der Waals surface area contributed by atoms with Crippen LogP contribution in [0, 0.1) is 0 Å². The van der Waals surface area contributed by atoms with Crippen molar-refractivity contribution in [3.05, 3.63) is 65.5 Å². The van der Waals surface area contributed by atoms with E-state index in [0.29, 0.717) is 12.1 Å². The van der Waals surface area contributed by atoms with Crippen LogP contribution in [0.1, 0.15) is 60.7 Å². The zero-order valence-electron chi connectivity index (χ0n) is 16.4. The number of aromatic carboxylic acids is 1. The van der Waals surface area contributed by atoms with Gasteiger partial charge in [0.05, 0.1) is 12.1 Å². The molecule has 3 aromatic rings. The molecular weight excluding hydrogens is 352 g/mol. The van der Waals surface area contributed by atoms with Gasteiger partial charge in [-0.05, 0) is 29.2 Å². The third kappa shape index (κ3) is 4.63. The minimum atomic E-state index is -0.974. The Labute approximate surface area is 165 Å². The molecule has 0 unspecified atom stereocenters. The second kappa shape index (κ2) is 9.26. The van der Waals surface area contributed by atoms with Gasteiger partial charge in [-0.3, -0.25) is 4.98 Å². The maximum Gasteiger partial charge on any atom is 0.337 e. The highest BCUT2D eigenvalue weighted by atomic mass is 16.4. The Balaban J connectivity index is 1.80. The first-order valence-corrected chi connectivity index (χ1v) is 9.81. The van der Waals surface area contributed by atoms with E-state index in [1.54, 1.807) is 12.3 Å². The number of hydrogen-bond acceptors (Lipinski definition) is 4. The van der Waals surface area contributed by atoms with Crippen molar-refractivity contribution in [3.63, 3.8) is 0 Å². The largest absolute Gasteiger partial charge is 0.478 e. The van der Waals surface area contributed by atoms with Crippen LogP contribution >= 0.6 is 0 Å². The van der Waals surface area contributed by atoms with Gasteiger partial charge in [0.15, 0.2) is 5.82 Å². The quantitative estimate of drug-likeness (QED) is 0.559. The number of carboxylic acids is 1. The van der Waals surface area contributed by atoms with Gasteiger partial charge in [0.2, 0.25) is 0 Å². The molecule has 2 heterocycles. The Kier molecular flexibility index (Phi) is 6.53. The van der Waals surface area contributed by atoms with E-state index in [0.717, 1.165) is 42.0 Å². The summed E-state index contributed by atoms with van der Waals surface area (Å²) in [5.74, 6) is 0.946. The van der Waals surface area contributed by atoms with E-state index in [2.05, 4.69) is 28.9 Å². The first-order valence-electron chi connectivity index (χ1n) is 9.81. The molecule has 3 rings (SSSR count). The number of aryl methyl sites for hydroxylation is 2. The molecule has 1 aromatic carbocycles. The summed E-state index contributed by atoms with van der Waals surface area (Å²) in [5, 5.41) is 14.0. The van der Waals surface area contributed by atoms with Crippen molar-refractivity contribution in [2.24, 2.45) is 0 Å². The van der Waals surface area contributed by atoms with Crippen LogP contribution in [0.4, 0.5) is 0 Å². The molecule has 0 saturated heterocycles. The number of pyridine rings is 1. The van der Waals surface area contributed by atoms with Crippen molar-refractivity contribution >= 4 is 5.97 Å². The van der Waals surface area contributed by atoms with Gasteiger partial charge in [0, 0.05) is 25.2 Å². The monoisotopic (exact) mass is 378 g/mol. The van der Waals surface area contributed by atoms with Crippen molar-refractivity contribution in [2.75, 3.05) is 0 Å². The number of unbranched alkanes of at least 4 members (excludes halogenated alkanes) is 2. The molecule has 6 nitrogen and oxygen atoms in total. The zero-order valence-corrected chi connectivity index (χ0v) is 16.4. The Morgan fingerprint density at radius 3 is 2.57 bits per heavy atom. The minimum Gasteiger partial charge on any atom is -0.478 e. The number of nitrogens with zero attached hydrogens (tertiary/aromatic N) is 4. The van der Waals surface area contributed by atoms with Crippen LogP contribution in [0.3, 0.4) is 0 Å². The van der Waals surface area contributed by atoms with E-state index in [-0.39, 0.29) is 5.56 Å². The molecule has 2 aromatic heterocycles. The molecule has 6 heteroatoms. The van der Waals surface area contributed by atoms with Crippen LogP contribution in [0.15, 0.2) is 42.7 Å². The summed E-state index contributed by atoms with van der Waals surface area (Å²) in [6.07, 6.45) is 8.27. The molecule has 0 aliphatic heterocycles. The highest BCUT2D eigenvalue weighted by molar-refractivity contribution is 5.95. The van der Waals surface area contributed by atoms with Gasteiger partial charge < -0.3 is 5.11 Å². The fourth-order valence-electron chi connectivity index (χ4n) is 3.20. The van der Waals surface area contributed by atoms with Crippen LogP contribution < -0.4 is 0 Å². The third-order valence-corrected chi connectivity index (χ3v) is 4.76. The number of carboxylic acid groups (broad SMARTS) is 1. The van der Waals surface area contributed by atoms with E-state index in [9.17, 15) is 9.90 Å². The molecule has 0 spiro atoms. The van der Waals surface area contributed by atoms with Crippen LogP contribution in [0.2, 0.25) is 0 Å². The van der Waals surface area contributed by atoms with E-state index in [1.165, 1.54) is 19.0 Å². The van der Waals surface area contributed by atoms with Crippen LogP contribution in [0.5, 0.6) is 0 Å². The summed E-state index contributed by atoms with van der Waals surface area (Å²) >= 11 is 0. The molecule has 0 amide bonds. The minimum absolute atomic E-state index is 0.206. The summed E-state index contributed by atoms with van der Waals surface area (Å²) < 4.78 is 2.00. The molecule has 1 N–H and O–H groups in total. The van der Waals surface area contributed by atoms with Crippen molar-refractivity contribution in [3.8, 4) is 11.1 Å². The number of benzene rings is 1. The molecule has 0 radical (unpaired) electrons. The Bertz CT molecular complexity index is 932. The van der Waals surface area contributed by atoms with Gasteiger partial charge in [0.1, 0.15) is 5.82 Å². The lowest BCUT2D eigenvalue weighted by atomic mass is 10.0. The van der Waals surface area contributed by atoms with Crippen LogP contribution in [0.25, 0.3) is 11.1 Å². The van der Waals surface area contributed by atoms with Gasteiger partial charge in [0.25, 0.3) is 0 Å². The van der Waals surface area contributed by atoms with Gasteiger partial charge in [-0.15, -0.1) is 0 Å². The SMILES string of the molecule is CCCCCc1nc(CC)nn1Cc1ccc(-c2ccncc2C(=O)O)cc1. The fourth-order valence-corrected chi connectivity index (χ4v) is 3.20. The molecule has 0 atom stereocenters. The number of carbonyl (C=O) groups is 1. The smallest absolute Gasteiger partial charge is 0.337 e. The lowest BCUT2D eigenvalue weighted by Crippen LogP contribution is -2.07. The van der Waals surface area contributed by atoms with Crippen LogP contribution in [-0.4, -0.2) is 30.8 Å². The van der Waals surface area contributed by atoms with Crippen molar-refractivity contribution < 1.29 is 9.90 Å². The molecule has 0 saturated carbocycles. The highest BCUT2D eigenvalue weighted by Gasteiger charge is 2.12. The third-order valence-electron chi connectivity index (χ3n) is 4.76. The molecule has 28 heavy (non-hydrogen) atoms. The maximum atomic E-state index is 11.4. The molecule has 0 bridgehead atoms. The molecule has 146 valence electrons. The number of hydrogen-bond donors (Lipinski definition) is 1. The normalized spacial score (nSPS) is 10.9. The maximum absolute atomic E-state index is 11.4. The Hall–Kier alpha value is -3.02. The summed E-state index contributed by atoms with van der Waals surface area (Å²) in [6.45, 7) is 4.93. The molecule has 0 aliphatic carbocycles. The van der Waals surface area contributed by atoms with E-state index in [4.69, 9.17) is 0 Å². The van der Waals surface area contributed by atoms with Gasteiger partial charge in [-0.2, -0.15) is 5.10 Å². The van der Waals surface area contributed by atoms with Gasteiger partial charge >= 0.3 is 5.97 Å². The number of rotatable bonds is 9. The second-order valence-electron chi connectivity index (χ2n) is 6.84. The second-order valence-corrected chi connectivity index (χ2v) is 6.84. The average Bonchev–Trinajstić information content (AvgIpc) is 3.10. The first kappa shape index (κ1) is 19.7. The van der Waals surface area contributed by atoms with Crippen molar-refractivity contribution in [2.45, 2.75) is 52.5 Å². The molecule has 0 aliphatic rings. The van der Waals surface area contributed by atoms with E-state index < -0.39 is 5.97 Å². The summed E-state index contributed by atoms with van der Waals surface area (Å²) in [6, 6.07) is 9.67. The van der Waals surface area contributed by atoms with Crippen LogP contribution in [-0.2, 0) is 19.4 Å². The Morgan fingerprint density at radius 1 is 1.11 bits per heavy atom. The Morgan fingerprint density at radius 2 is 1.89 bits per heavy atom. The van der Waals surface area contributed by atoms with Gasteiger partial charge in [-0.1, -0.05) is 51.0 Å². The fraction of sp³-hybridized carbons (Fsp3) is 0.364. The standard InChI is InChI=1S/C22H26N4O2/c1-3-5-6-7-21-24-20(4-2)25-26(21)15-16-8-10-17(11-9-16)18-12-13-23-14-19(18)22(27)28/h8-14H,3-7,15H2,1-2H3,(H,27,28). The van der Waals surface area contributed by atoms with E-state index in [1.807, 2.05) is 28.9 Å². The lowest BCUT2D eigenvalue weighted by molar-refractivity contribution is 0.0697. The predicted octanol–water partition coefficient (Wildman–Crippen LogP) is 4.38. The summed E-state index contributed by atoms with van der Waals surface area (Å²) in [4.78, 5) is 20.0. The summed E-state index contributed by atoms with van der Waals surface area (Å²) in [5.41, 5.74) is 2.85. The average molecular weight is 378 g/mol. The number of aromatic nitrogens is 4. The van der Waals surface area contributed by atoms with Crippen molar-refractivity contribution in [1.29, 1.82) is 0 Å². The molecular formula is C22H26N4O2. The summed E-state index contributed by atoms with van der Waals surface area (Å²) in [7, 11) is 0. The van der Waals surface area contributed by atoms with Crippen molar-refractivity contribution in [1.82, 2.24) is 19.7 Å². The predicted molar refractivity (Wildman–Crippen MR) is 108 cm³/mol. The van der Waals surface area contributed by atoms with Gasteiger partial charge in [-0.25, -0.2) is 14.5 Å². The van der Waals surface area contributed by atoms with E-state index >= 15 is 0 Å².